The summed E-state index contributed by atoms with van der Waals surface area (Å²) in [5, 5.41) is 2.65. The molecule has 0 bridgehead atoms. The lowest BCUT2D eigenvalue weighted by Crippen LogP contribution is -2.28. The Bertz CT molecular complexity index is 368. The van der Waals surface area contributed by atoms with Crippen molar-refractivity contribution in [1.82, 2.24) is 5.32 Å². The van der Waals surface area contributed by atoms with E-state index in [0.717, 1.165) is 5.56 Å². The second kappa shape index (κ2) is 6.33. The zero-order valence-electron chi connectivity index (χ0n) is 8.79. The largest absolute Gasteiger partial charge is 0.694 e. The molecule has 2 atom stereocenters. The van der Waals surface area contributed by atoms with E-state index in [2.05, 4.69) is 9.84 Å². The molecular weight excluding hydrogens is 229 g/mol. The third kappa shape index (κ3) is 4.49. The van der Waals surface area contributed by atoms with Gasteiger partial charge in [0.15, 0.2) is 0 Å². The van der Waals surface area contributed by atoms with Crippen LogP contribution in [0, 0.1) is 0 Å². The molecule has 0 fully saturated rings. The van der Waals surface area contributed by atoms with E-state index in [9.17, 15) is 9.36 Å². The fourth-order valence-corrected chi connectivity index (χ4v) is 1.57. The molecule has 0 aliphatic rings. The first-order valence-electron chi connectivity index (χ1n) is 4.70. The zero-order chi connectivity index (χ0) is 12.0. The molecule has 6 heteroatoms. The third-order valence-corrected chi connectivity index (χ3v) is 2.30. The molecule has 0 saturated carbocycles. The van der Waals surface area contributed by atoms with E-state index < -0.39 is 14.3 Å². The Morgan fingerprint density at radius 3 is 2.62 bits per heavy atom. The average Bonchev–Trinajstić information content (AvgIpc) is 2.25. The smallest absolute Gasteiger partial charge is 0.347 e. The highest BCUT2D eigenvalue weighted by atomic mass is 31.1. The SMILES string of the molecule is CC(=O)NC(CO[P+](=O)O)c1ccccc1. The third-order valence-electron chi connectivity index (χ3n) is 1.93. The van der Waals surface area contributed by atoms with Crippen molar-refractivity contribution in [3.63, 3.8) is 0 Å². The fraction of sp³-hybridized carbons (Fsp3) is 0.300. The Kier molecular flexibility index (Phi) is 5.05. The normalized spacial score (nSPS) is 13.0. The minimum atomic E-state index is -2.65. The van der Waals surface area contributed by atoms with E-state index >= 15 is 0 Å². The van der Waals surface area contributed by atoms with Crippen LogP contribution in [0.5, 0.6) is 0 Å². The van der Waals surface area contributed by atoms with Gasteiger partial charge in [-0.3, -0.25) is 4.79 Å². The van der Waals surface area contributed by atoms with Gasteiger partial charge in [-0.15, -0.1) is 9.42 Å². The Labute approximate surface area is 94.4 Å². The van der Waals surface area contributed by atoms with Gasteiger partial charge >= 0.3 is 8.25 Å². The van der Waals surface area contributed by atoms with E-state index in [1.807, 2.05) is 30.3 Å². The van der Waals surface area contributed by atoms with Crippen molar-refractivity contribution in [2.75, 3.05) is 6.61 Å². The van der Waals surface area contributed by atoms with Gasteiger partial charge in [-0.25, -0.2) is 0 Å². The summed E-state index contributed by atoms with van der Waals surface area (Å²) in [4.78, 5) is 19.5. The number of hydrogen-bond donors (Lipinski definition) is 2. The van der Waals surface area contributed by atoms with E-state index in [4.69, 9.17) is 4.89 Å². The maximum Gasteiger partial charge on any atom is 0.694 e. The lowest BCUT2D eigenvalue weighted by atomic mass is 10.1. The molecule has 86 valence electrons. The minimum Gasteiger partial charge on any atom is -0.347 e. The first-order valence-corrected chi connectivity index (χ1v) is 5.83. The standard InChI is InChI=1S/C10H12NO4P/c1-8(12)11-10(7-15-16(13)14)9-5-3-2-4-6-9/h2-6,10H,7H2,1H3,(H-,11,12,13,14)/p+1. The molecule has 2 N–H and O–H groups in total. The molecule has 2 unspecified atom stereocenters. The first-order chi connectivity index (χ1) is 7.59. The Balaban J connectivity index is 2.71. The molecule has 5 nitrogen and oxygen atoms in total. The van der Waals surface area contributed by atoms with Gasteiger partial charge in [0.2, 0.25) is 5.91 Å². The second-order valence-electron chi connectivity index (χ2n) is 3.20. The van der Waals surface area contributed by atoms with Gasteiger partial charge in [-0.05, 0) is 5.56 Å². The van der Waals surface area contributed by atoms with Crippen molar-refractivity contribution in [2.45, 2.75) is 13.0 Å². The highest BCUT2D eigenvalue weighted by Crippen LogP contribution is 2.20. The molecule has 1 amide bonds. The van der Waals surface area contributed by atoms with Gasteiger partial charge in [0.25, 0.3) is 0 Å². The molecule has 0 radical (unpaired) electrons. The van der Waals surface area contributed by atoms with Crippen molar-refractivity contribution in [1.29, 1.82) is 0 Å². The molecule has 1 aromatic rings. The number of nitrogens with one attached hydrogen (secondary N) is 1. The van der Waals surface area contributed by atoms with Crippen LogP contribution in [0.25, 0.3) is 0 Å². The molecule has 1 aromatic carbocycles. The number of hydrogen-bond acceptors (Lipinski definition) is 3. The van der Waals surface area contributed by atoms with Crippen LogP contribution in [0.1, 0.15) is 18.5 Å². The van der Waals surface area contributed by atoms with Crippen molar-refractivity contribution in [3.05, 3.63) is 35.9 Å². The van der Waals surface area contributed by atoms with Gasteiger partial charge < -0.3 is 5.32 Å². The van der Waals surface area contributed by atoms with Crippen LogP contribution < -0.4 is 5.32 Å². The van der Waals surface area contributed by atoms with Gasteiger partial charge in [0.05, 0.1) is 6.04 Å². The molecule has 0 heterocycles. The Morgan fingerprint density at radius 1 is 1.50 bits per heavy atom. The van der Waals surface area contributed by atoms with E-state index in [0.29, 0.717) is 0 Å². The van der Waals surface area contributed by atoms with Gasteiger partial charge in [0.1, 0.15) is 6.61 Å². The summed E-state index contributed by atoms with van der Waals surface area (Å²) in [6.45, 7) is 1.35. The zero-order valence-corrected chi connectivity index (χ0v) is 9.68. The van der Waals surface area contributed by atoms with Crippen LogP contribution in [0.3, 0.4) is 0 Å². The van der Waals surface area contributed by atoms with Crippen LogP contribution in [-0.4, -0.2) is 17.4 Å². The molecular formula is C10H13NO4P+. The molecule has 16 heavy (non-hydrogen) atoms. The Morgan fingerprint density at radius 2 is 2.12 bits per heavy atom. The van der Waals surface area contributed by atoms with Crippen LogP contribution >= 0.6 is 8.25 Å². The molecule has 0 aliphatic carbocycles. The summed E-state index contributed by atoms with van der Waals surface area (Å²) in [6, 6.07) is 8.71. The monoisotopic (exact) mass is 242 g/mol. The highest BCUT2D eigenvalue weighted by molar-refractivity contribution is 7.32. The maximum atomic E-state index is 11.0. The predicted molar refractivity (Wildman–Crippen MR) is 58.8 cm³/mol. The van der Waals surface area contributed by atoms with Crippen molar-refractivity contribution in [2.24, 2.45) is 0 Å². The highest BCUT2D eigenvalue weighted by Gasteiger charge is 2.20. The van der Waals surface area contributed by atoms with E-state index in [1.54, 1.807) is 0 Å². The lowest BCUT2D eigenvalue weighted by molar-refractivity contribution is -0.119. The fourth-order valence-electron chi connectivity index (χ4n) is 1.29. The maximum absolute atomic E-state index is 11.0. The van der Waals surface area contributed by atoms with Crippen LogP contribution in [0.2, 0.25) is 0 Å². The minimum absolute atomic E-state index is 0.0324. The molecule has 0 saturated heterocycles. The Hall–Kier alpha value is -1.29. The first kappa shape index (κ1) is 12.8. The van der Waals surface area contributed by atoms with Crippen LogP contribution in [0.15, 0.2) is 30.3 Å². The van der Waals surface area contributed by atoms with Crippen LogP contribution in [-0.2, 0) is 13.9 Å². The molecule has 0 spiro atoms. The molecule has 1 rings (SSSR count). The number of amides is 1. The second-order valence-corrected chi connectivity index (χ2v) is 3.93. The number of rotatable bonds is 5. The van der Waals surface area contributed by atoms with Gasteiger partial charge in [-0.2, -0.15) is 0 Å². The number of carbonyl (C=O) groups is 1. The molecule has 0 aromatic heterocycles. The number of carbonyl (C=O) groups excluding carboxylic acids is 1. The molecule has 0 aliphatic heterocycles. The van der Waals surface area contributed by atoms with E-state index in [-0.39, 0.29) is 12.5 Å². The number of benzene rings is 1. The summed E-state index contributed by atoms with van der Waals surface area (Å²) in [7, 11) is -2.65. The summed E-state index contributed by atoms with van der Waals surface area (Å²) in [5.74, 6) is -0.217. The van der Waals surface area contributed by atoms with Gasteiger partial charge in [0, 0.05) is 11.5 Å². The quantitative estimate of drug-likeness (QED) is 0.768. The predicted octanol–water partition coefficient (Wildman–Crippen LogP) is 1.53. The summed E-state index contributed by atoms with van der Waals surface area (Å²) in [5.41, 5.74) is 0.828. The van der Waals surface area contributed by atoms with Crippen molar-refractivity contribution in [3.8, 4) is 0 Å². The van der Waals surface area contributed by atoms with Crippen molar-refractivity contribution < 1.29 is 18.8 Å². The topological polar surface area (TPSA) is 75.6 Å². The summed E-state index contributed by atoms with van der Waals surface area (Å²) in [6.07, 6.45) is 0. The summed E-state index contributed by atoms with van der Waals surface area (Å²) < 4.78 is 15.0. The van der Waals surface area contributed by atoms with E-state index in [1.165, 1.54) is 6.92 Å². The average molecular weight is 242 g/mol. The lowest BCUT2D eigenvalue weighted by Gasteiger charge is -2.14. The summed E-state index contributed by atoms with van der Waals surface area (Å²) >= 11 is 0. The van der Waals surface area contributed by atoms with Crippen molar-refractivity contribution >= 4 is 14.2 Å². The van der Waals surface area contributed by atoms with Crippen LogP contribution in [0.4, 0.5) is 0 Å². The van der Waals surface area contributed by atoms with Gasteiger partial charge in [-0.1, -0.05) is 30.3 Å².